The number of ketones is 1. The van der Waals surface area contributed by atoms with Crippen molar-refractivity contribution < 1.29 is 19.2 Å². The Labute approximate surface area is 214 Å². The number of rotatable bonds is 9. The van der Waals surface area contributed by atoms with Gasteiger partial charge in [-0.2, -0.15) is 0 Å². The fourth-order valence-electron chi connectivity index (χ4n) is 5.79. The molecule has 0 aromatic heterocycles. The smallest absolute Gasteiger partial charge is 0.251 e. The van der Waals surface area contributed by atoms with Gasteiger partial charge in [0.1, 0.15) is 12.1 Å². The zero-order valence-electron chi connectivity index (χ0n) is 21.9. The van der Waals surface area contributed by atoms with E-state index < -0.39 is 12.1 Å². The van der Waals surface area contributed by atoms with Gasteiger partial charge in [-0.05, 0) is 62.3 Å². The molecule has 1 aromatic rings. The van der Waals surface area contributed by atoms with E-state index in [2.05, 4.69) is 10.2 Å². The minimum absolute atomic E-state index is 0.00332. The van der Waals surface area contributed by atoms with Crippen molar-refractivity contribution in [2.24, 2.45) is 5.92 Å². The average Bonchev–Trinajstić information content (AvgIpc) is 3.60. The summed E-state index contributed by atoms with van der Waals surface area (Å²) in [4.78, 5) is 57.9. The molecule has 3 amide bonds. The summed E-state index contributed by atoms with van der Waals surface area (Å²) < 4.78 is 0. The molecule has 36 heavy (non-hydrogen) atoms. The van der Waals surface area contributed by atoms with Crippen molar-refractivity contribution in [1.29, 1.82) is 0 Å². The summed E-state index contributed by atoms with van der Waals surface area (Å²) in [7, 11) is 0. The lowest BCUT2D eigenvalue weighted by Gasteiger charge is -2.29. The number of carbonyl (C=O) groups excluding carboxylic acids is 4. The fraction of sp³-hybridized carbons (Fsp3) is 0.643. The molecule has 3 aliphatic rings. The topological polar surface area (TPSA) is 90.0 Å². The second-order valence-corrected chi connectivity index (χ2v) is 10.8. The standard InChI is InChI=1S/C28H40N4O4/c1-4-5-8-25(34)32-18-24(33)26-23(32)13-16-31(26)28(36)22(17-19(2)3)29-27(35)20-9-11-21(12-10-20)30-14-6-7-15-30/h9-12,19,22-23,26H,4-8,13-18H2,1-3H3,(H,29,35). The summed E-state index contributed by atoms with van der Waals surface area (Å²) in [6.07, 6.45) is 5.61. The first-order valence-electron chi connectivity index (χ1n) is 13.6. The number of anilines is 1. The highest BCUT2D eigenvalue weighted by Gasteiger charge is 2.52. The molecule has 3 atom stereocenters. The number of fused-ring (bicyclic) bond motifs is 1. The molecule has 1 N–H and O–H groups in total. The third-order valence-corrected chi connectivity index (χ3v) is 7.68. The number of amides is 3. The van der Waals surface area contributed by atoms with Crippen LogP contribution in [0.4, 0.5) is 5.69 Å². The maximum atomic E-state index is 13.7. The van der Waals surface area contributed by atoms with Crippen molar-refractivity contribution in [2.45, 2.75) is 83.8 Å². The average molecular weight is 497 g/mol. The Hall–Kier alpha value is -2.90. The van der Waals surface area contributed by atoms with Crippen molar-refractivity contribution in [2.75, 3.05) is 31.1 Å². The van der Waals surface area contributed by atoms with Crippen molar-refractivity contribution >= 4 is 29.2 Å². The van der Waals surface area contributed by atoms with E-state index in [-0.39, 0.29) is 42.0 Å². The summed E-state index contributed by atoms with van der Waals surface area (Å²) in [6, 6.07) is 5.98. The van der Waals surface area contributed by atoms with Gasteiger partial charge in [-0.15, -0.1) is 0 Å². The monoisotopic (exact) mass is 496 g/mol. The van der Waals surface area contributed by atoms with E-state index in [1.54, 1.807) is 9.80 Å². The van der Waals surface area contributed by atoms with Gasteiger partial charge in [0.05, 0.1) is 12.6 Å². The molecule has 1 aromatic carbocycles. The quantitative estimate of drug-likeness (QED) is 0.568. The number of benzene rings is 1. The molecular formula is C28H40N4O4. The Morgan fingerprint density at radius 1 is 1.03 bits per heavy atom. The molecule has 4 rings (SSSR count). The van der Waals surface area contributed by atoms with Crippen LogP contribution < -0.4 is 10.2 Å². The molecule has 3 heterocycles. The number of hydrogen-bond donors (Lipinski definition) is 1. The fourth-order valence-corrected chi connectivity index (χ4v) is 5.79. The molecule has 8 nitrogen and oxygen atoms in total. The predicted octanol–water partition coefficient (Wildman–Crippen LogP) is 3.00. The van der Waals surface area contributed by atoms with Gasteiger partial charge >= 0.3 is 0 Å². The first-order valence-corrected chi connectivity index (χ1v) is 13.6. The molecule has 3 saturated heterocycles. The summed E-state index contributed by atoms with van der Waals surface area (Å²) >= 11 is 0. The van der Waals surface area contributed by atoms with Gasteiger partial charge in [0.2, 0.25) is 11.8 Å². The number of likely N-dealkylation sites (tertiary alicyclic amines) is 2. The maximum Gasteiger partial charge on any atom is 0.251 e. The number of nitrogens with one attached hydrogen (secondary N) is 1. The zero-order valence-corrected chi connectivity index (χ0v) is 21.9. The van der Waals surface area contributed by atoms with Gasteiger partial charge < -0.3 is 20.0 Å². The lowest BCUT2D eigenvalue weighted by molar-refractivity contribution is -0.138. The summed E-state index contributed by atoms with van der Waals surface area (Å²) in [5, 5.41) is 2.95. The van der Waals surface area contributed by atoms with Gasteiger partial charge in [-0.25, -0.2) is 0 Å². The number of unbranched alkanes of at least 4 members (excludes halogenated alkanes) is 1. The molecule has 0 bridgehead atoms. The van der Waals surface area contributed by atoms with Crippen LogP contribution in [0.2, 0.25) is 0 Å². The van der Waals surface area contributed by atoms with Gasteiger partial charge in [0.15, 0.2) is 5.78 Å². The lowest BCUT2D eigenvalue weighted by atomic mass is 10.0. The molecule has 0 spiro atoms. The Bertz CT molecular complexity index is 970. The van der Waals surface area contributed by atoms with Crippen molar-refractivity contribution in [3.05, 3.63) is 29.8 Å². The molecule has 0 radical (unpaired) electrons. The van der Waals surface area contributed by atoms with Gasteiger partial charge in [0, 0.05) is 37.3 Å². The van der Waals surface area contributed by atoms with Crippen LogP contribution in [0.15, 0.2) is 24.3 Å². The third kappa shape index (κ3) is 5.57. The van der Waals surface area contributed by atoms with E-state index in [4.69, 9.17) is 0 Å². The predicted molar refractivity (Wildman–Crippen MR) is 139 cm³/mol. The normalized spacial score (nSPS) is 22.3. The van der Waals surface area contributed by atoms with Crippen LogP contribution >= 0.6 is 0 Å². The van der Waals surface area contributed by atoms with Crippen LogP contribution in [0.5, 0.6) is 0 Å². The summed E-state index contributed by atoms with van der Waals surface area (Å²) in [6.45, 7) is 8.63. The Balaban J connectivity index is 1.44. The van der Waals surface area contributed by atoms with Crippen LogP contribution in [0.1, 0.15) is 76.1 Å². The van der Waals surface area contributed by atoms with E-state index in [1.165, 1.54) is 12.8 Å². The molecule has 8 heteroatoms. The van der Waals surface area contributed by atoms with E-state index in [0.717, 1.165) is 31.6 Å². The van der Waals surface area contributed by atoms with Crippen molar-refractivity contribution in [3.63, 3.8) is 0 Å². The van der Waals surface area contributed by atoms with Crippen molar-refractivity contribution in [3.8, 4) is 0 Å². The highest BCUT2D eigenvalue weighted by atomic mass is 16.2. The van der Waals surface area contributed by atoms with Crippen LogP contribution in [-0.4, -0.2) is 77.6 Å². The van der Waals surface area contributed by atoms with Gasteiger partial charge in [-0.3, -0.25) is 19.2 Å². The maximum absolute atomic E-state index is 13.7. The Morgan fingerprint density at radius 3 is 2.36 bits per heavy atom. The van der Waals surface area contributed by atoms with Crippen LogP contribution in [0.3, 0.4) is 0 Å². The minimum Gasteiger partial charge on any atom is -0.372 e. The molecule has 3 fully saturated rings. The number of nitrogens with zero attached hydrogens (tertiary/aromatic N) is 3. The first-order chi connectivity index (χ1) is 17.3. The molecule has 3 unspecified atom stereocenters. The number of carbonyl (C=O) groups is 4. The highest BCUT2D eigenvalue weighted by molar-refractivity contribution is 6.01. The SMILES string of the molecule is CCCCC(=O)N1CC(=O)C2C1CCN2C(=O)C(CC(C)C)NC(=O)c1ccc(N2CCCC2)cc1. The molecule has 0 saturated carbocycles. The highest BCUT2D eigenvalue weighted by Crippen LogP contribution is 2.31. The van der Waals surface area contributed by atoms with E-state index in [0.29, 0.717) is 31.4 Å². The zero-order chi connectivity index (χ0) is 25.8. The lowest BCUT2D eigenvalue weighted by Crippen LogP contribution is -2.53. The Morgan fingerprint density at radius 2 is 1.72 bits per heavy atom. The number of Topliss-reactive ketones (excluding diaryl/α,β-unsaturated/α-hetero) is 1. The largest absolute Gasteiger partial charge is 0.372 e. The summed E-state index contributed by atoms with van der Waals surface area (Å²) in [5.41, 5.74) is 1.63. The molecular weight excluding hydrogens is 456 g/mol. The molecule has 196 valence electrons. The second-order valence-electron chi connectivity index (χ2n) is 10.8. The van der Waals surface area contributed by atoms with E-state index >= 15 is 0 Å². The third-order valence-electron chi connectivity index (χ3n) is 7.68. The van der Waals surface area contributed by atoms with Crippen LogP contribution in [0, 0.1) is 5.92 Å². The molecule has 3 aliphatic heterocycles. The Kier molecular flexibility index (Phi) is 8.32. The van der Waals surface area contributed by atoms with Gasteiger partial charge in [0.25, 0.3) is 5.91 Å². The minimum atomic E-state index is -0.716. The first kappa shape index (κ1) is 26.2. The van der Waals surface area contributed by atoms with Crippen molar-refractivity contribution in [1.82, 2.24) is 15.1 Å². The van der Waals surface area contributed by atoms with E-state index in [9.17, 15) is 19.2 Å². The van der Waals surface area contributed by atoms with Crippen LogP contribution in [-0.2, 0) is 14.4 Å². The molecule has 0 aliphatic carbocycles. The van der Waals surface area contributed by atoms with E-state index in [1.807, 2.05) is 45.0 Å². The summed E-state index contributed by atoms with van der Waals surface area (Å²) in [5.74, 6) is -0.415. The number of hydrogen-bond acceptors (Lipinski definition) is 5. The van der Waals surface area contributed by atoms with Crippen LogP contribution in [0.25, 0.3) is 0 Å². The second kappa shape index (κ2) is 11.4. The van der Waals surface area contributed by atoms with Gasteiger partial charge in [-0.1, -0.05) is 27.2 Å².